The molecule has 0 atom stereocenters. The molecule has 1 heterocycles. The Bertz CT molecular complexity index is 956. The number of hydrogen-bond acceptors (Lipinski definition) is 4. The highest BCUT2D eigenvalue weighted by molar-refractivity contribution is 7.22. The molecule has 0 N–H and O–H groups in total. The van der Waals surface area contributed by atoms with Crippen LogP contribution in [-0.4, -0.2) is 43.0 Å². The van der Waals surface area contributed by atoms with E-state index in [0.717, 1.165) is 28.7 Å². The minimum Gasteiger partial charge on any atom is -0.309 e. The first-order chi connectivity index (χ1) is 12.9. The zero-order chi connectivity index (χ0) is 19.6. The van der Waals surface area contributed by atoms with E-state index in [1.54, 1.807) is 4.90 Å². The number of aromatic nitrogens is 1. The first kappa shape index (κ1) is 22.3. The van der Waals surface area contributed by atoms with E-state index in [4.69, 9.17) is 4.98 Å². The normalized spacial score (nSPS) is 10.9. The monoisotopic (exact) mass is 421 g/mol. The second-order valence-corrected chi connectivity index (χ2v) is 7.98. The van der Waals surface area contributed by atoms with Gasteiger partial charge in [-0.2, -0.15) is 0 Å². The van der Waals surface area contributed by atoms with E-state index in [1.807, 2.05) is 14.1 Å². The number of carbonyl (C=O) groups excluding carboxylic acids is 1. The molecular formula is C21H25ClFN3OS. The molecule has 1 aromatic heterocycles. The van der Waals surface area contributed by atoms with Crippen LogP contribution in [0, 0.1) is 19.7 Å². The molecule has 1 amide bonds. The van der Waals surface area contributed by atoms with Crippen molar-refractivity contribution in [1.82, 2.24) is 9.88 Å². The van der Waals surface area contributed by atoms with Crippen LogP contribution < -0.4 is 4.90 Å². The molecule has 0 aliphatic carbocycles. The number of aryl methyl sites for hydroxylation is 2. The van der Waals surface area contributed by atoms with E-state index >= 15 is 0 Å². The van der Waals surface area contributed by atoms with Gasteiger partial charge in [0.1, 0.15) is 5.82 Å². The molecule has 0 aliphatic rings. The minimum absolute atomic E-state index is 0. The van der Waals surface area contributed by atoms with Crippen LogP contribution in [0.25, 0.3) is 10.2 Å². The van der Waals surface area contributed by atoms with E-state index in [0.29, 0.717) is 17.2 Å². The third kappa shape index (κ3) is 4.87. The summed E-state index contributed by atoms with van der Waals surface area (Å²) >= 11 is 1.52. The molecule has 7 heteroatoms. The Labute approximate surface area is 175 Å². The van der Waals surface area contributed by atoms with E-state index in [1.165, 1.54) is 41.2 Å². The number of amides is 1. The van der Waals surface area contributed by atoms with Crippen LogP contribution in [0.15, 0.2) is 36.4 Å². The standard InChI is InChI=1S/C21H24FN3OS.ClH/c1-14-6-11-18-19(15(14)2)23-21(27-18)25(13-5-12-24(3)4)20(26)16-7-9-17(22)10-8-16;/h6-11H,5,12-13H2,1-4H3;1H. The summed E-state index contributed by atoms with van der Waals surface area (Å²) in [5.74, 6) is -0.501. The van der Waals surface area contributed by atoms with Gasteiger partial charge in [0.25, 0.3) is 5.91 Å². The third-order valence-corrected chi connectivity index (χ3v) is 5.67. The largest absolute Gasteiger partial charge is 0.309 e. The van der Waals surface area contributed by atoms with Gasteiger partial charge in [-0.15, -0.1) is 12.4 Å². The van der Waals surface area contributed by atoms with Crippen molar-refractivity contribution in [3.8, 4) is 0 Å². The van der Waals surface area contributed by atoms with Gasteiger partial charge in [-0.25, -0.2) is 9.37 Å². The maximum atomic E-state index is 13.2. The molecule has 0 saturated heterocycles. The molecule has 0 unspecified atom stereocenters. The van der Waals surface area contributed by atoms with Gasteiger partial charge in [0.15, 0.2) is 5.13 Å². The summed E-state index contributed by atoms with van der Waals surface area (Å²) in [6, 6.07) is 9.82. The van der Waals surface area contributed by atoms with Gasteiger partial charge in [-0.1, -0.05) is 17.4 Å². The lowest BCUT2D eigenvalue weighted by Gasteiger charge is -2.21. The highest BCUT2D eigenvalue weighted by Crippen LogP contribution is 2.32. The van der Waals surface area contributed by atoms with E-state index in [2.05, 4.69) is 30.9 Å². The van der Waals surface area contributed by atoms with Gasteiger partial charge in [-0.05, 0) is 82.4 Å². The van der Waals surface area contributed by atoms with Gasteiger partial charge in [-0.3, -0.25) is 9.69 Å². The number of nitrogens with zero attached hydrogens (tertiary/aromatic N) is 3. The van der Waals surface area contributed by atoms with Crippen molar-refractivity contribution in [3.05, 3.63) is 58.9 Å². The molecule has 0 saturated carbocycles. The molecule has 0 bridgehead atoms. The Hall–Kier alpha value is -2.02. The molecule has 3 rings (SSSR count). The van der Waals surface area contributed by atoms with Crippen molar-refractivity contribution in [3.63, 3.8) is 0 Å². The molecule has 0 spiro atoms. The number of fused-ring (bicyclic) bond motifs is 1. The number of hydrogen-bond donors (Lipinski definition) is 0. The first-order valence-electron chi connectivity index (χ1n) is 8.95. The molecule has 28 heavy (non-hydrogen) atoms. The maximum Gasteiger partial charge on any atom is 0.260 e. The van der Waals surface area contributed by atoms with Crippen LogP contribution in [0.2, 0.25) is 0 Å². The number of carbonyl (C=O) groups is 1. The Morgan fingerprint density at radius 3 is 2.39 bits per heavy atom. The lowest BCUT2D eigenvalue weighted by molar-refractivity contribution is 0.0986. The van der Waals surface area contributed by atoms with Crippen molar-refractivity contribution in [2.45, 2.75) is 20.3 Å². The highest BCUT2D eigenvalue weighted by atomic mass is 35.5. The summed E-state index contributed by atoms with van der Waals surface area (Å²) in [6.45, 7) is 5.55. The molecular weight excluding hydrogens is 397 g/mol. The van der Waals surface area contributed by atoms with Gasteiger partial charge < -0.3 is 4.90 Å². The van der Waals surface area contributed by atoms with Gasteiger partial charge in [0.05, 0.1) is 10.2 Å². The summed E-state index contributed by atoms with van der Waals surface area (Å²) in [7, 11) is 4.02. The van der Waals surface area contributed by atoms with Crippen LogP contribution in [0.5, 0.6) is 0 Å². The molecule has 0 aliphatic heterocycles. The van der Waals surface area contributed by atoms with Crippen LogP contribution in [0.4, 0.5) is 9.52 Å². The fourth-order valence-electron chi connectivity index (χ4n) is 2.91. The Balaban J connectivity index is 0.00000280. The lowest BCUT2D eigenvalue weighted by Crippen LogP contribution is -2.33. The summed E-state index contributed by atoms with van der Waals surface area (Å²) in [5, 5.41) is 0.687. The summed E-state index contributed by atoms with van der Waals surface area (Å²) in [6.07, 6.45) is 0.827. The predicted octanol–water partition coefficient (Wildman–Crippen LogP) is 5.07. The van der Waals surface area contributed by atoms with Crippen LogP contribution in [0.1, 0.15) is 27.9 Å². The fourth-order valence-corrected chi connectivity index (χ4v) is 3.96. The van der Waals surface area contributed by atoms with Crippen LogP contribution in [0.3, 0.4) is 0 Å². The van der Waals surface area contributed by atoms with E-state index < -0.39 is 0 Å². The van der Waals surface area contributed by atoms with Crippen LogP contribution in [-0.2, 0) is 0 Å². The Morgan fingerprint density at radius 2 is 1.75 bits per heavy atom. The topological polar surface area (TPSA) is 36.4 Å². The molecule has 0 radical (unpaired) electrons. The average Bonchev–Trinajstić information content (AvgIpc) is 3.06. The summed E-state index contributed by atoms with van der Waals surface area (Å²) < 4.78 is 14.3. The van der Waals surface area contributed by atoms with E-state index in [-0.39, 0.29) is 24.1 Å². The Kier molecular flexibility index (Phi) is 7.52. The second-order valence-electron chi connectivity index (χ2n) is 6.97. The van der Waals surface area contributed by atoms with Crippen molar-refractivity contribution in [2.24, 2.45) is 0 Å². The number of thiazole rings is 1. The number of rotatable bonds is 6. The molecule has 4 nitrogen and oxygen atoms in total. The van der Waals surface area contributed by atoms with Gasteiger partial charge in [0, 0.05) is 12.1 Å². The van der Waals surface area contributed by atoms with Crippen molar-refractivity contribution in [1.29, 1.82) is 0 Å². The minimum atomic E-state index is -0.350. The number of anilines is 1. The highest BCUT2D eigenvalue weighted by Gasteiger charge is 2.22. The zero-order valence-electron chi connectivity index (χ0n) is 16.5. The first-order valence-corrected chi connectivity index (χ1v) is 9.77. The number of benzene rings is 2. The SMILES string of the molecule is Cc1ccc2sc(N(CCCN(C)C)C(=O)c3ccc(F)cc3)nc2c1C.Cl. The van der Waals surface area contributed by atoms with Gasteiger partial charge >= 0.3 is 0 Å². The van der Waals surface area contributed by atoms with Crippen molar-refractivity contribution < 1.29 is 9.18 Å². The summed E-state index contributed by atoms with van der Waals surface area (Å²) in [5.41, 5.74) is 3.73. The average molecular weight is 422 g/mol. The quantitative estimate of drug-likeness (QED) is 0.557. The van der Waals surface area contributed by atoms with Crippen molar-refractivity contribution >= 4 is 45.0 Å². The molecule has 0 fully saturated rings. The van der Waals surface area contributed by atoms with Crippen molar-refractivity contribution in [2.75, 3.05) is 32.1 Å². The second kappa shape index (κ2) is 9.45. The molecule has 2 aromatic carbocycles. The zero-order valence-corrected chi connectivity index (χ0v) is 18.2. The van der Waals surface area contributed by atoms with Crippen LogP contribution >= 0.6 is 23.7 Å². The fraction of sp³-hybridized carbons (Fsp3) is 0.333. The third-order valence-electron chi connectivity index (χ3n) is 4.63. The summed E-state index contributed by atoms with van der Waals surface area (Å²) in [4.78, 5) is 21.7. The predicted molar refractivity (Wildman–Crippen MR) is 118 cm³/mol. The lowest BCUT2D eigenvalue weighted by atomic mass is 10.1. The Morgan fingerprint density at radius 1 is 1.07 bits per heavy atom. The van der Waals surface area contributed by atoms with Gasteiger partial charge in [0.2, 0.25) is 0 Å². The maximum absolute atomic E-state index is 13.2. The molecule has 3 aromatic rings. The molecule has 150 valence electrons. The van der Waals surface area contributed by atoms with E-state index in [9.17, 15) is 9.18 Å². The smallest absolute Gasteiger partial charge is 0.260 e. The number of halogens is 2.